The van der Waals surface area contributed by atoms with Gasteiger partial charge < -0.3 is 0 Å². The largest absolute Gasteiger partial charge is 0.299 e. The third-order valence-electron chi connectivity index (χ3n) is 2.22. The van der Waals surface area contributed by atoms with Gasteiger partial charge in [-0.2, -0.15) is 0 Å². The maximum absolute atomic E-state index is 11.1. The number of rotatable bonds is 4. The number of hydrogen-bond acceptors (Lipinski definition) is 3. The average Bonchev–Trinajstić information content (AvgIpc) is 2.30. The number of carbonyl (C=O) groups excluding carboxylic acids is 1. The molecule has 0 aliphatic carbocycles. The number of carbonyl (C=O) groups is 1. The fourth-order valence-electron chi connectivity index (χ4n) is 1.60. The summed E-state index contributed by atoms with van der Waals surface area (Å²) in [5.41, 5.74) is 0. The molecule has 1 fully saturated rings. The van der Waals surface area contributed by atoms with Crippen LogP contribution in [0.5, 0.6) is 0 Å². The summed E-state index contributed by atoms with van der Waals surface area (Å²) < 4.78 is 22.1. The normalized spacial score (nSPS) is 25.7. The minimum atomic E-state index is -2.83. The lowest BCUT2D eigenvalue weighted by atomic mass is 10.0. The maximum Gasteiger partial charge on any atom is 0.150 e. The van der Waals surface area contributed by atoms with Crippen molar-refractivity contribution < 1.29 is 13.2 Å². The Labute approximate surface area is 78.8 Å². The van der Waals surface area contributed by atoms with Gasteiger partial charge in [-0.1, -0.05) is 6.08 Å². The molecule has 1 atom stereocenters. The second-order valence-electron chi connectivity index (χ2n) is 3.50. The number of Topliss-reactive ketones (excluding diaryl/α,β-unsaturated/α-hetero) is 1. The predicted octanol–water partition coefficient (Wildman–Crippen LogP) is 0.956. The molecular formula is C9H14O3S. The Kier molecular flexibility index (Phi) is 3.25. The van der Waals surface area contributed by atoms with Crippen molar-refractivity contribution in [3.8, 4) is 0 Å². The molecule has 0 bridgehead atoms. The molecule has 0 aromatic rings. The van der Waals surface area contributed by atoms with Gasteiger partial charge in [-0.25, -0.2) is 8.42 Å². The van der Waals surface area contributed by atoms with Crippen LogP contribution in [0.1, 0.15) is 19.3 Å². The summed E-state index contributed by atoms with van der Waals surface area (Å²) in [6, 6.07) is 0. The highest BCUT2D eigenvalue weighted by atomic mass is 32.2. The van der Waals surface area contributed by atoms with Crippen molar-refractivity contribution in [1.82, 2.24) is 0 Å². The number of sulfone groups is 1. The SMILES string of the molecule is C=CCC(=O)CC1CCS(=O)(=O)C1. The van der Waals surface area contributed by atoms with E-state index in [2.05, 4.69) is 6.58 Å². The van der Waals surface area contributed by atoms with Crippen LogP contribution in [0.2, 0.25) is 0 Å². The summed E-state index contributed by atoms with van der Waals surface area (Å²) in [5.74, 6) is 0.587. The molecular weight excluding hydrogens is 188 g/mol. The van der Waals surface area contributed by atoms with E-state index in [1.165, 1.54) is 0 Å². The molecule has 13 heavy (non-hydrogen) atoms. The second-order valence-corrected chi connectivity index (χ2v) is 5.73. The molecule has 0 spiro atoms. The van der Waals surface area contributed by atoms with Gasteiger partial charge in [0.05, 0.1) is 11.5 Å². The summed E-state index contributed by atoms with van der Waals surface area (Å²) in [6.45, 7) is 3.46. The molecule has 1 aliphatic heterocycles. The van der Waals surface area contributed by atoms with Crippen molar-refractivity contribution in [2.24, 2.45) is 5.92 Å². The standard InChI is InChI=1S/C9H14O3S/c1-2-3-9(10)6-8-4-5-13(11,12)7-8/h2,8H,1,3-7H2. The van der Waals surface area contributed by atoms with E-state index in [-0.39, 0.29) is 23.2 Å². The number of ketones is 1. The molecule has 3 nitrogen and oxygen atoms in total. The van der Waals surface area contributed by atoms with Crippen molar-refractivity contribution in [2.75, 3.05) is 11.5 Å². The third-order valence-corrected chi connectivity index (χ3v) is 4.05. The van der Waals surface area contributed by atoms with Crippen LogP contribution in [0.15, 0.2) is 12.7 Å². The first-order valence-electron chi connectivity index (χ1n) is 4.36. The molecule has 1 rings (SSSR count). The van der Waals surface area contributed by atoms with E-state index in [4.69, 9.17) is 0 Å². The fraction of sp³-hybridized carbons (Fsp3) is 0.667. The fourth-order valence-corrected chi connectivity index (χ4v) is 3.46. The molecule has 0 aromatic heterocycles. The topological polar surface area (TPSA) is 51.2 Å². The van der Waals surface area contributed by atoms with Crippen molar-refractivity contribution in [3.05, 3.63) is 12.7 Å². The van der Waals surface area contributed by atoms with E-state index in [0.29, 0.717) is 19.3 Å². The zero-order valence-corrected chi connectivity index (χ0v) is 8.35. The molecule has 1 unspecified atom stereocenters. The van der Waals surface area contributed by atoms with Gasteiger partial charge >= 0.3 is 0 Å². The predicted molar refractivity (Wildman–Crippen MR) is 51.2 cm³/mol. The number of allylic oxidation sites excluding steroid dienone is 1. The lowest BCUT2D eigenvalue weighted by Gasteiger charge is -2.03. The van der Waals surface area contributed by atoms with E-state index >= 15 is 0 Å². The minimum absolute atomic E-state index is 0.0532. The summed E-state index contributed by atoms with van der Waals surface area (Å²) in [6.07, 6.45) is 2.96. The Morgan fingerprint density at radius 1 is 1.54 bits per heavy atom. The van der Waals surface area contributed by atoms with Crippen LogP contribution in [0.4, 0.5) is 0 Å². The average molecular weight is 202 g/mol. The third kappa shape index (κ3) is 3.30. The smallest absolute Gasteiger partial charge is 0.150 e. The van der Waals surface area contributed by atoms with Crippen LogP contribution in [0, 0.1) is 5.92 Å². The zero-order chi connectivity index (χ0) is 9.90. The zero-order valence-electron chi connectivity index (χ0n) is 7.53. The molecule has 0 aromatic carbocycles. The molecule has 0 radical (unpaired) electrons. The van der Waals surface area contributed by atoms with E-state index in [9.17, 15) is 13.2 Å². The Hall–Kier alpha value is -0.640. The highest BCUT2D eigenvalue weighted by molar-refractivity contribution is 7.91. The quantitative estimate of drug-likeness (QED) is 0.638. The van der Waals surface area contributed by atoms with Gasteiger partial charge in [-0.15, -0.1) is 6.58 Å². The van der Waals surface area contributed by atoms with Crippen molar-refractivity contribution in [3.63, 3.8) is 0 Å². The van der Waals surface area contributed by atoms with Gasteiger partial charge in [0.1, 0.15) is 5.78 Å². The van der Waals surface area contributed by atoms with Crippen LogP contribution in [-0.4, -0.2) is 25.7 Å². The Bertz CT molecular complexity index is 303. The van der Waals surface area contributed by atoms with E-state index < -0.39 is 9.84 Å². The van der Waals surface area contributed by atoms with Crippen LogP contribution >= 0.6 is 0 Å². The van der Waals surface area contributed by atoms with Gasteiger partial charge in [0, 0.05) is 12.8 Å². The minimum Gasteiger partial charge on any atom is -0.299 e. The summed E-state index contributed by atoms with van der Waals surface area (Å²) in [4.78, 5) is 11.1. The lowest BCUT2D eigenvalue weighted by molar-refractivity contribution is -0.119. The Morgan fingerprint density at radius 2 is 2.23 bits per heavy atom. The first kappa shape index (κ1) is 10.4. The summed E-state index contributed by atoms with van der Waals surface area (Å²) >= 11 is 0. The van der Waals surface area contributed by atoms with Gasteiger partial charge in [-0.05, 0) is 12.3 Å². The van der Waals surface area contributed by atoms with Crippen LogP contribution in [0.25, 0.3) is 0 Å². The van der Waals surface area contributed by atoms with Crippen molar-refractivity contribution >= 4 is 15.6 Å². The highest BCUT2D eigenvalue weighted by Gasteiger charge is 2.28. The Balaban J connectivity index is 2.40. The Morgan fingerprint density at radius 3 is 2.69 bits per heavy atom. The van der Waals surface area contributed by atoms with E-state index in [0.717, 1.165) is 0 Å². The monoisotopic (exact) mass is 202 g/mol. The van der Waals surface area contributed by atoms with Crippen LogP contribution in [-0.2, 0) is 14.6 Å². The summed E-state index contributed by atoms with van der Waals surface area (Å²) in [5, 5.41) is 0. The van der Waals surface area contributed by atoms with Gasteiger partial charge in [0.15, 0.2) is 9.84 Å². The molecule has 0 N–H and O–H groups in total. The maximum atomic E-state index is 11.1. The van der Waals surface area contributed by atoms with Gasteiger partial charge in [0.25, 0.3) is 0 Å². The molecule has 1 saturated heterocycles. The van der Waals surface area contributed by atoms with E-state index in [1.54, 1.807) is 6.08 Å². The molecule has 74 valence electrons. The molecule has 0 amide bonds. The van der Waals surface area contributed by atoms with E-state index in [1.807, 2.05) is 0 Å². The summed E-state index contributed by atoms with van der Waals surface area (Å²) in [7, 11) is -2.83. The van der Waals surface area contributed by atoms with Gasteiger partial charge in [0.2, 0.25) is 0 Å². The molecule has 1 heterocycles. The second kappa shape index (κ2) is 4.05. The van der Waals surface area contributed by atoms with Crippen molar-refractivity contribution in [1.29, 1.82) is 0 Å². The first-order chi connectivity index (χ1) is 6.03. The number of hydrogen-bond donors (Lipinski definition) is 0. The lowest BCUT2D eigenvalue weighted by Crippen LogP contribution is -2.09. The van der Waals surface area contributed by atoms with Crippen LogP contribution in [0.3, 0.4) is 0 Å². The molecule has 0 saturated carbocycles. The molecule has 1 aliphatic rings. The van der Waals surface area contributed by atoms with Gasteiger partial charge in [-0.3, -0.25) is 4.79 Å². The highest BCUT2D eigenvalue weighted by Crippen LogP contribution is 2.22. The molecule has 4 heteroatoms. The first-order valence-corrected chi connectivity index (χ1v) is 6.18. The van der Waals surface area contributed by atoms with Crippen molar-refractivity contribution in [2.45, 2.75) is 19.3 Å². The van der Waals surface area contributed by atoms with Crippen LogP contribution < -0.4 is 0 Å².